The van der Waals surface area contributed by atoms with Crippen molar-refractivity contribution in [2.45, 2.75) is 59.3 Å². The molecule has 0 aliphatic carbocycles. The first kappa shape index (κ1) is 22.1. The normalized spacial score (nSPS) is 27.0. The molecule has 0 atom stereocenters. The van der Waals surface area contributed by atoms with Gasteiger partial charge in [-0.15, -0.1) is 0 Å². The Morgan fingerprint density at radius 1 is 0.542 bits per heavy atom. The van der Waals surface area contributed by atoms with E-state index in [4.69, 9.17) is 0 Å². The third-order valence-electron chi connectivity index (χ3n) is 5.92. The summed E-state index contributed by atoms with van der Waals surface area (Å²) in [7, 11) is 0. The van der Waals surface area contributed by atoms with E-state index in [1.54, 1.807) is 0 Å². The summed E-state index contributed by atoms with van der Waals surface area (Å²) in [5.41, 5.74) is 0. The molecule has 3 aliphatic heterocycles. The highest BCUT2D eigenvalue weighted by Gasteiger charge is 2.46. The van der Waals surface area contributed by atoms with E-state index in [-0.39, 0.29) is 20.9 Å². The van der Waals surface area contributed by atoms with E-state index in [1.807, 2.05) is 0 Å². The summed E-state index contributed by atoms with van der Waals surface area (Å²) in [6.07, 6.45) is 8.40. The number of piperidine rings is 3. The van der Waals surface area contributed by atoms with E-state index in [0.717, 1.165) is 17.8 Å². The molecule has 0 bridgehead atoms. The summed E-state index contributed by atoms with van der Waals surface area (Å²) in [5.74, 6) is 2.80. The molecule has 24 heavy (non-hydrogen) atoms. The third-order valence-corrected chi connectivity index (χ3v) is 8.40. The fraction of sp³-hybridized carbons (Fsp3) is 1.00. The van der Waals surface area contributed by atoms with Crippen LogP contribution in [0.5, 0.6) is 0 Å². The van der Waals surface area contributed by atoms with E-state index in [9.17, 15) is 0 Å². The molecule has 0 aromatic rings. The summed E-state index contributed by atoms with van der Waals surface area (Å²) in [5, 5.41) is 0. The lowest BCUT2D eigenvalue weighted by molar-refractivity contribution is -0.00000629. The Morgan fingerprint density at radius 2 is 0.750 bits per heavy atom. The molecule has 3 aliphatic rings. The molecule has 3 nitrogen and oxygen atoms in total. The molecular weight excluding hydrogens is 328 g/mol. The second kappa shape index (κ2) is 10.3. The predicted octanol–water partition coefficient (Wildman–Crippen LogP) is 0.702. The Kier molecular flexibility index (Phi) is 9.49. The number of rotatable bonds is 3. The molecule has 0 aromatic heterocycles. The predicted molar refractivity (Wildman–Crippen MR) is 99.8 cm³/mol. The quantitative estimate of drug-likeness (QED) is 0.682. The minimum Gasteiger partial charge on any atom is -1.00 e. The molecule has 0 unspecified atom stereocenters. The Bertz CT molecular complexity index is 285. The summed E-state index contributed by atoms with van der Waals surface area (Å²) in [6.45, 7) is 15.2. The smallest absolute Gasteiger partial charge is 0.268 e. The van der Waals surface area contributed by atoms with Crippen molar-refractivity contribution >= 4 is 11.5 Å². The summed E-state index contributed by atoms with van der Waals surface area (Å²) in [6, 6.07) is 0. The van der Waals surface area contributed by atoms with Crippen molar-refractivity contribution in [2.75, 3.05) is 39.3 Å². The van der Waals surface area contributed by atoms with Crippen LogP contribution in [0.15, 0.2) is 0 Å². The first-order chi connectivity index (χ1) is 10.6. The van der Waals surface area contributed by atoms with Crippen molar-refractivity contribution in [1.82, 2.24) is 12.9 Å². The number of hydrogen-bond donors (Lipinski definition) is 0. The molecule has 0 radical (unpaired) electrons. The molecule has 0 saturated carbocycles. The fourth-order valence-corrected chi connectivity index (χ4v) is 6.53. The molecular formula is C18H37F2N3S. The first-order valence-electron chi connectivity index (χ1n) is 9.63. The highest BCUT2D eigenvalue weighted by Crippen LogP contribution is 2.31. The largest absolute Gasteiger partial charge is 1.00 e. The van der Waals surface area contributed by atoms with Crippen LogP contribution < -0.4 is 4.70 Å². The van der Waals surface area contributed by atoms with Crippen molar-refractivity contribution in [3.8, 4) is 0 Å². The molecule has 3 heterocycles. The Labute approximate surface area is 150 Å². The van der Waals surface area contributed by atoms with Crippen LogP contribution in [0.1, 0.15) is 59.3 Å². The zero-order chi connectivity index (χ0) is 15.5. The van der Waals surface area contributed by atoms with Crippen LogP contribution in [0.3, 0.4) is 0 Å². The van der Waals surface area contributed by atoms with Crippen molar-refractivity contribution in [1.29, 1.82) is 0 Å². The molecule has 0 N–H and O–H groups in total. The Balaban J connectivity index is 0.00000144. The summed E-state index contributed by atoms with van der Waals surface area (Å²) < 4.78 is 8.52. The highest BCUT2D eigenvalue weighted by atomic mass is 32.2. The molecule has 0 amide bonds. The van der Waals surface area contributed by atoms with Gasteiger partial charge in [0.1, 0.15) is 0 Å². The highest BCUT2D eigenvalue weighted by molar-refractivity contribution is 7.90. The lowest BCUT2D eigenvalue weighted by Crippen LogP contribution is -3.00. The minimum absolute atomic E-state index is 0. The number of nitrogens with zero attached hydrogens (tertiary/aromatic N) is 3. The Morgan fingerprint density at radius 3 is 0.958 bits per heavy atom. The van der Waals surface area contributed by atoms with Gasteiger partial charge in [-0.1, -0.05) is 33.7 Å². The van der Waals surface area contributed by atoms with Gasteiger partial charge in [0.05, 0.1) is 0 Å². The lowest BCUT2D eigenvalue weighted by atomic mass is 10.0. The maximum Gasteiger partial charge on any atom is 0.268 e. The van der Waals surface area contributed by atoms with Gasteiger partial charge in [-0.3, -0.25) is 4.70 Å². The van der Waals surface area contributed by atoms with Crippen molar-refractivity contribution < 1.29 is 9.41 Å². The molecule has 3 rings (SSSR count). The van der Waals surface area contributed by atoms with E-state index in [1.165, 1.54) is 77.8 Å². The molecule has 0 spiro atoms. The summed E-state index contributed by atoms with van der Waals surface area (Å²) >= 11 is 0.271. The van der Waals surface area contributed by atoms with E-state index in [2.05, 4.69) is 33.7 Å². The zero-order valence-electron chi connectivity index (χ0n) is 15.8. The molecule has 3 fully saturated rings. The van der Waals surface area contributed by atoms with Gasteiger partial charge in [-0.2, -0.15) is 0 Å². The van der Waals surface area contributed by atoms with E-state index in [0.29, 0.717) is 0 Å². The summed E-state index contributed by atoms with van der Waals surface area (Å²) in [4.78, 5) is 0. The van der Waals surface area contributed by atoms with Crippen LogP contribution in [0, 0.1) is 17.8 Å². The second-order valence-corrected chi connectivity index (χ2v) is 10.1. The SMILES string of the molecule is CC1CCN([S+](N2CCC(C)CC2)N2CCC(C)CC2)CC1.F.[F-]. The lowest BCUT2D eigenvalue weighted by Gasteiger charge is -2.40. The van der Waals surface area contributed by atoms with Crippen LogP contribution in [0.4, 0.5) is 4.70 Å². The van der Waals surface area contributed by atoms with E-state index >= 15 is 0 Å². The van der Waals surface area contributed by atoms with Gasteiger partial charge < -0.3 is 4.70 Å². The maximum absolute atomic E-state index is 2.84. The minimum atomic E-state index is 0. The van der Waals surface area contributed by atoms with Gasteiger partial charge in [0.25, 0.3) is 11.5 Å². The average molecular weight is 366 g/mol. The van der Waals surface area contributed by atoms with Crippen LogP contribution in [0.25, 0.3) is 0 Å². The van der Waals surface area contributed by atoms with Crippen LogP contribution >= 0.6 is 0 Å². The van der Waals surface area contributed by atoms with Gasteiger partial charge in [-0.25, -0.2) is 0 Å². The fourth-order valence-electron chi connectivity index (χ4n) is 3.93. The van der Waals surface area contributed by atoms with Gasteiger partial charge >= 0.3 is 0 Å². The number of halogens is 2. The van der Waals surface area contributed by atoms with Gasteiger partial charge in [-0.05, 0) is 56.3 Å². The van der Waals surface area contributed by atoms with Crippen molar-refractivity contribution in [2.24, 2.45) is 17.8 Å². The van der Waals surface area contributed by atoms with Crippen LogP contribution in [0.2, 0.25) is 0 Å². The monoisotopic (exact) mass is 365 g/mol. The molecule has 144 valence electrons. The zero-order valence-corrected chi connectivity index (χ0v) is 16.6. The average Bonchev–Trinajstić information content (AvgIpc) is 2.53. The maximum atomic E-state index is 2.84. The Hall–Kier alpha value is 0.0900. The van der Waals surface area contributed by atoms with Crippen molar-refractivity contribution in [3.05, 3.63) is 0 Å². The number of hydrogen-bond acceptors (Lipinski definition) is 3. The van der Waals surface area contributed by atoms with Gasteiger partial charge in [0, 0.05) is 39.3 Å². The standard InChI is InChI=1S/C18H36N3S.2FH/c1-16-4-10-19(11-5-16)22(20-12-6-17(2)7-13-20)21-14-8-18(3)9-15-21;;/h16-18H,4-15H2,1-3H3;2*1H/q+1;;/p-1. The van der Waals surface area contributed by atoms with Crippen LogP contribution in [-0.2, 0) is 11.5 Å². The molecule has 6 heteroatoms. The van der Waals surface area contributed by atoms with Crippen LogP contribution in [-0.4, -0.2) is 52.2 Å². The second-order valence-electron chi connectivity index (χ2n) is 8.08. The van der Waals surface area contributed by atoms with Gasteiger partial charge in [0.2, 0.25) is 0 Å². The van der Waals surface area contributed by atoms with Gasteiger partial charge in [0.15, 0.2) is 0 Å². The van der Waals surface area contributed by atoms with Crippen molar-refractivity contribution in [3.63, 3.8) is 0 Å². The van der Waals surface area contributed by atoms with E-state index < -0.39 is 0 Å². The molecule has 3 saturated heterocycles. The third kappa shape index (κ3) is 5.55. The first-order valence-corrected chi connectivity index (χ1v) is 10.7. The molecule has 0 aromatic carbocycles. The topological polar surface area (TPSA) is 9.72 Å².